The Morgan fingerprint density at radius 3 is 2.33 bits per heavy atom. The van der Waals surface area contributed by atoms with E-state index in [0.29, 0.717) is 38.3 Å². The molecule has 0 radical (unpaired) electrons. The molecule has 0 atom stereocenters. The number of anilines is 2. The van der Waals surface area contributed by atoms with Crippen molar-refractivity contribution in [1.29, 1.82) is 0 Å². The zero-order chi connectivity index (χ0) is 21.6. The number of para-hydroxylation sites is 1. The van der Waals surface area contributed by atoms with Gasteiger partial charge < -0.3 is 24.6 Å². The molecule has 1 fully saturated rings. The molecule has 0 bridgehead atoms. The fourth-order valence-corrected chi connectivity index (χ4v) is 5.07. The molecule has 0 spiro atoms. The van der Waals surface area contributed by atoms with Crippen molar-refractivity contribution in [2.75, 3.05) is 51.2 Å². The number of hydrogen-bond donors (Lipinski definition) is 0. The molecule has 1 saturated heterocycles. The third-order valence-corrected chi connectivity index (χ3v) is 6.99. The Hall–Kier alpha value is -1.78. The van der Waals surface area contributed by atoms with Crippen LogP contribution in [0.4, 0.5) is 24.5 Å². The molecule has 0 N–H and O–H groups in total. The number of likely N-dealkylation sites (N-methyl/N-ethyl adjacent to an activating group) is 1. The number of quaternary nitrogens is 2. The summed E-state index contributed by atoms with van der Waals surface area (Å²) in [4.78, 5) is 3.64. The van der Waals surface area contributed by atoms with Gasteiger partial charge in [-0.25, -0.2) is 0 Å². The molecule has 30 heavy (non-hydrogen) atoms. The molecule has 0 aromatic heterocycles. The highest BCUT2D eigenvalue weighted by molar-refractivity contribution is 7.99. The van der Waals surface area contributed by atoms with Crippen LogP contribution in [0.25, 0.3) is 0 Å². The third-order valence-electron chi connectivity index (χ3n) is 5.86. The van der Waals surface area contributed by atoms with E-state index >= 15 is 0 Å². The molecule has 5 nitrogen and oxygen atoms in total. The van der Waals surface area contributed by atoms with Gasteiger partial charge in [-0.1, -0.05) is 23.9 Å². The number of rotatable bonds is 4. The van der Waals surface area contributed by atoms with Crippen LogP contribution in [0.2, 0.25) is 0 Å². The molecule has 2 aliphatic rings. The maximum Gasteiger partial charge on any atom is 0.416 e. The first-order valence-corrected chi connectivity index (χ1v) is 10.8. The highest BCUT2D eigenvalue weighted by Gasteiger charge is 2.34. The monoisotopic (exact) mass is 439 g/mol. The van der Waals surface area contributed by atoms with Gasteiger partial charge in [-0.05, 0) is 30.3 Å². The molecule has 162 valence electrons. The first-order valence-electron chi connectivity index (χ1n) is 9.95. The van der Waals surface area contributed by atoms with Crippen molar-refractivity contribution in [1.82, 2.24) is 0 Å². The highest BCUT2D eigenvalue weighted by atomic mass is 32.2. The van der Waals surface area contributed by atoms with Crippen LogP contribution < -0.4 is 4.90 Å². The molecule has 0 unspecified atom stereocenters. The summed E-state index contributed by atoms with van der Waals surface area (Å²) in [6.45, 7) is 1.94. The van der Waals surface area contributed by atoms with Gasteiger partial charge in [0.2, 0.25) is 0 Å². The first kappa shape index (κ1) is 21.5. The second kappa shape index (κ2) is 7.72. The van der Waals surface area contributed by atoms with Crippen LogP contribution in [-0.4, -0.2) is 55.6 Å². The van der Waals surface area contributed by atoms with E-state index in [4.69, 9.17) is 0 Å². The predicted octanol–water partition coefficient (Wildman–Crippen LogP) is 4.97. The molecule has 0 amide bonds. The van der Waals surface area contributed by atoms with E-state index < -0.39 is 16.4 Å². The smallest absolute Gasteiger partial charge is 0.416 e. The number of nitrogens with zero attached hydrogens (tertiary/aromatic N) is 3. The largest absolute Gasteiger partial charge is 0.633 e. The second-order valence-electron chi connectivity index (χ2n) is 8.23. The van der Waals surface area contributed by atoms with Crippen LogP contribution >= 0.6 is 11.8 Å². The van der Waals surface area contributed by atoms with Gasteiger partial charge in [0.05, 0.1) is 30.5 Å². The molecule has 0 aliphatic carbocycles. The van der Waals surface area contributed by atoms with Gasteiger partial charge in [-0.2, -0.15) is 13.2 Å². The minimum atomic E-state index is -4.41. The number of hydrogen-bond acceptors (Lipinski definition) is 4. The van der Waals surface area contributed by atoms with Crippen LogP contribution in [0.5, 0.6) is 0 Å². The number of piperazine rings is 1. The van der Waals surface area contributed by atoms with Crippen molar-refractivity contribution in [3.05, 3.63) is 58.4 Å². The van der Waals surface area contributed by atoms with Crippen LogP contribution in [0, 0.1) is 10.4 Å². The lowest BCUT2D eigenvalue weighted by atomic mass is 10.1. The van der Waals surface area contributed by atoms with Gasteiger partial charge in [0.1, 0.15) is 26.2 Å². The van der Waals surface area contributed by atoms with E-state index in [9.17, 15) is 23.6 Å². The number of fused-ring (bicyclic) bond motifs is 2. The van der Waals surface area contributed by atoms with Crippen molar-refractivity contribution in [2.45, 2.75) is 22.4 Å². The van der Waals surface area contributed by atoms with Crippen molar-refractivity contribution < 1.29 is 22.5 Å². The fourth-order valence-electron chi connectivity index (χ4n) is 4.00. The van der Waals surface area contributed by atoms with Crippen LogP contribution in [-0.2, 0) is 6.18 Å². The minimum Gasteiger partial charge on any atom is -0.633 e. The standard InChI is InChI=1S/C21H24F3N3O2S/c1-26(28)11-13-27(29,14-12-26)10-4-9-25-17-5-2-3-6-19(17)30-20-8-7-16(15-18(20)25)21(22,23)24/h2-3,5-8,15H,4,9-14H2,1H3. The maximum absolute atomic E-state index is 13.3. The number of halogens is 3. The van der Waals surface area contributed by atoms with E-state index in [1.165, 1.54) is 23.9 Å². The molecule has 2 aromatic carbocycles. The zero-order valence-electron chi connectivity index (χ0n) is 16.7. The average molecular weight is 440 g/mol. The summed E-state index contributed by atoms with van der Waals surface area (Å²) in [5.74, 6) is 0. The number of benzene rings is 2. The highest BCUT2D eigenvalue weighted by Crippen LogP contribution is 2.49. The molecular weight excluding hydrogens is 415 g/mol. The lowest BCUT2D eigenvalue weighted by Gasteiger charge is -2.52. The average Bonchev–Trinajstić information content (AvgIpc) is 2.69. The summed E-state index contributed by atoms with van der Waals surface area (Å²) in [5.41, 5.74) is 0.699. The van der Waals surface area contributed by atoms with E-state index in [1.54, 1.807) is 7.05 Å². The van der Waals surface area contributed by atoms with Crippen molar-refractivity contribution in [2.24, 2.45) is 0 Å². The number of alkyl halides is 3. The fraction of sp³-hybridized carbons (Fsp3) is 0.429. The Morgan fingerprint density at radius 2 is 1.63 bits per heavy atom. The van der Waals surface area contributed by atoms with E-state index in [0.717, 1.165) is 21.5 Å². The first-order chi connectivity index (χ1) is 14.1. The SMILES string of the molecule is C[N+]1([O-])CC[N+]([O-])(CCCN2c3ccccc3Sc3ccc(C(F)(F)F)cc32)CC1. The summed E-state index contributed by atoms with van der Waals surface area (Å²) in [6, 6.07) is 11.4. The van der Waals surface area contributed by atoms with Crippen molar-refractivity contribution in [3.8, 4) is 0 Å². The number of hydroxylamine groups is 6. The van der Waals surface area contributed by atoms with Gasteiger partial charge >= 0.3 is 6.18 Å². The summed E-state index contributed by atoms with van der Waals surface area (Å²) in [7, 11) is 1.58. The van der Waals surface area contributed by atoms with E-state index in [2.05, 4.69) is 0 Å². The summed E-state index contributed by atoms with van der Waals surface area (Å²) < 4.78 is 39.1. The Bertz CT molecular complexity index is 926. The normalized spacial score (nSPS) is 26.3. The molecule has 0 saturated carbocycles. The molecule has 2 aromatic rings. The Labute approximate surface area is 178 Å². The topological polar surface area (TPSA) is 49.4 Å². The van der Waals surface area contributed by atoms with Gasteiger partial charge in [-0.3, -0.25) is 0 Å². The Morgan fingerprint density at radius 1 is 0.967 bits per heavy atom. The van der Waals surface area contributed by atoms with E-state index in [1.807, 2.05) is 29.2 Å². The Kier molecular flexibility index (Phi) is 5.52. The van der Waals surface area contributed by atoms with Crippen LogP contribution in [0.1, 0.15) is 12.0 Å². The third kappa shape index (κ3) is 4.45. The molecule has 4 rings (SSSR count). The predicted molar refractivity (Wildman–Crippen MR) is 111 cm³/mol. The van der Waals surface area contributed by atoms with Gasteiger partial charge in [0, 0.05) is 22.8 Å². The molecular formula is C21H24F3N3O2S. The molecule has 9 heteroatoms. The van der Waals surface area contributed by atoms with E-state index in [-0.39, 0.29) is 17.7 Å². The molecule has 2 aliphatic heterocycles. The van der Waals surface area contributed by atoms with Gasteiger partial charge in [-0.15, -0.1) is 0 Å². The summed E-state index contributed by atoms with van der Waals surface area (Å²) in [6.07, 6.45) is -3.88. The second-order valence-corrected chi connectivity index (χ2v) is 9.31. The lowest BCUT2D eigenvalue weighted by molar-refractivity contribution is -0.980. The minimum absolute atomic E-state index is 0.279. The van der Waals surface area contributed by atoms with Crippen molar-refractivity contribution >= 4 is 23.1 Å². The van der Waals surface area contributed by atoms with Crippen LogP contribution in [0.3, 0.4) is 0 Å². The van der Waals surface area contributed by atoms with Crippen LogP contribution in [0.15, 0.2) is 52.3 Å². The van der Waals surface area contributed by atoms with Gasteiger partial charge in [0.25, 0.3) is 0 Å². The molecule has 2 heterocycles. The Balaban J connectivity index is 1.55. The van der Waals surface area contributed by atoms with Gasteiger partial charge in [0.15, 0.2) is 0 Å². The van der Waals surface area contributed by atoms with Crippen molar-refractivity contribution in [3.63, 3.8) is 0 Å². The summed E-state index contributed by atoms with van der Waals surface area (Å²) >= 11 is 1.45. The summed E-state index contributed by atoms with van der Waals surface area (Å²) in [5, 5.41) is 25.0. The quantitative estimate of drug-likeness (QED) is 0.499. The maximum atomic E-state index is 13.3. The lowest BCUT2D eigenvalue weighted by Crippen LogP contribution is -2.61. The zero-order valence-corrected chi connectivity index (χ0v) is 17.5.